The van der Waals surface area contributed by atoms with E-state index in [-0.39, 0.29) is 5.82 Å². The third-order valence-corrected chi connectivity index (χ3v) is 2.03. The van der Waals surface area contributed by atoms with Crippen molar-refractivity contribution < 1.29 is 4.39 Å². The molecule has 0 aliphatic heterocycles. The van der Waals surface area contributed by atoms with Crippen LogP contribution in [0, 0.1) is 5.82 Å². The molecule has 66 valence electrons. The summed E-state index contributed by atoms with van der Waals surface area (Å²) in [6, 6.07) is 4.55. The average molecular weight is 188 g/mol. The van der Waals surface area contributed by atoms with Gasteiger partial charge in [-0.05, 0) is 25.1 Å². The van der Waals surface area contributed by atoms with E-state index in [2.05, 4.69) is 0 Å². The molecule has 1 aromatic carbocycles. The van der Waals surface area contributed by atoms with Gasteiger partial charge in [-0.1, -0.05) is 11.6 Å². The second-order valence-corrected chi connectivity index (χ2v) is 3.05. The summed E-state index contributed by atoms with van der Waals surface area (Å²) in [6.45, 7) is 2.72. The summed E-state index contributed by atoms with van der Waals surface area (Å²) >= 11 is 5.72. The fraction of sp³-hybridized carbons (Fsp3) is 0.333. The van der Waals surface area contributed by atoms with Crippen LogP contribution in [0.3, 0.4) is 0 Å². The zero-order valence-electron chi connectivity index (χ0n) is 7.14. The molecule has 0 fully saturated rings. The summed E-state index contributed by atoms with van der Waals surface area (Å²) in [5.41, 5.74) is 0.546. The summed E-state index contributed by atoms with van der Waals surface area (Å²) in [6.07, 6.45) is 0. The molecule has 0 heterocycles. The molecule has 0 radical (unpaired) electrons. The van der Waals surface area contributed by atoms with Crippen LogP contribution in [-0.2, 0) is 0 Å². The van der Waals surface area contributed by atoms with Gasteiger partial charge in [0.1, 0.15) is 5.82 Å². The van der Waals surface area contributed by atoms with Gasteiger partial charge >= 0.3 is 0 Å². The molecule has 12 heavy (non-hydrogen) atoms. The van der Waals surface area contributed by atoms with Gasteiger partial charge in [0.25, 0.3) is 0 Å². The van der Waals surface area contributed by atoms with Crippen molar-refractivity contribution in [3.8, 4) is 0 Å². The Balaban J connectivity index is 3.04. The van der Waals surface area contributed by atoms with Gasteiger partial charge < -0.3 is 4.90 Å². The maximum atomic E-state index is 13.1. The second-order valence-electron chi connectivity index (χ2n) is 2.61. The van der Waals surface area contributed by atoms with Gasteiger partial charge in [0.2, 0.25) is 0 Å². The Kier molecular flexibility index (Phi) is 2.93. The Morgan fingerprint density at radius 1 is 1.50 bits per heavy atom. The molecule has 0 N–H and O–H groups in total. The zero-order chi connectivity index (χ0) is 9.14. The number of rotatable bonds is 2. The molecule has 0 saturated carbocycles. The fourth-order valence-electron chi connectivity index (χ4n) is 0.949. The van der Waals surface area contributed by atoms with E-state index in [1.165, 1.54) is 6.07 Å². The van der Waals surface area contributed by atoms with Crippen molar-refractivity contribution in [1.29, 1.82) is 0 Å². The summed E-state index contributed by atoms with van der Waals surface area (Å²) in [5, 5.41) is 0.562. The van der Waals surface area contributed by atoms with Crippen molar-refractivity contribution in [2.24, 2.45) is 0 Å². The van der Waals surface area contributed by atoms with E-state index in [1.807, 2.05) is 14.0 Å². The van der Waals surface area contributed by atoms with Crippen molar-refractivity contribution in [3.05, 3.63) is 29.0 Å². The Hall–Kier alpha value is -0.760. The summed E-state index contributed by atoms with van der Waals surface area (Å²) in [7, 11) is 1.83. The molecule has 3 heteroatoms. The molecule has 0 aliphatic carbocycles. The van der Waals surface area contributed by atoms with Crippen LogP contribution in [0.15, 0.2) is 18.2 Å². The maximum Gasteiger partial charge on any atom is 0.146 e. The predicted octanol–water partition coefficient (Wildman–Crippen LogP) is 2.94. The topological polar surface area (TPSA) is 3.24 Å². The van der Waals surface area contributed by atoms with Gasteiger partial charge in [-0.2, -0.15) is 0 Å². The summed E-state index contributed by atoms with van der Waals surface area (Å²) in [5.74, 6) is -0.233. The van der Waals surface area contributed by atoms with Crippen LogP contribution in [0.1, 0.15) is 6.92 Å². The van der Waals surface area contributed by atoms with Gasteiger partial charge in [-0.3, -0.25) is 0 Å². The SMILES string of the molecule is CCN(C)c1cc(Cl)ccc1F. The van der Waals surface area contributed by atoms with Crippen LogP contribution in [0.5, 0.6) is 0 Å². The van der Waals surface area contributed by atoms with E-state index in [4.69, 9.17) is 11.6 Å². The van der Waals surface area contributed by atoms with Gasteiger partial charge in [-0.25, -0.2) is 4.39 Å². The number of hydrogen-bond donors (Lipinski definition) is 0. The van der Waals surface area contributed by atoms with Crippen molar-refractivity contribution >= 4 is 17.3 Å². The largest absolute Gasteiger partial charge is 0.372 e. The first-order valence-electron chi connectivity index (χ1n) is 3.81. The highest BCUT2D eigenvalue weighted by Gasteiger charge is 2.05. The molecule has 0 bridgehead atoms. The smallest absolute Gasteiger partial charge is 0.146 e. The van der Waals surface area contributed by atoms with Crippen LogP contribution >= 0.6 is 11.6 Å². The molecule has 0 amide bonds. The lowest BCUT2D eigenvalue weighted by Crippen LogP contribution is -2.16. The number of benzene rings is 1. The minimum absolute atomic E-state index is 0.233. The van der Waals surface area contributed by atoms with Gasteiger partial charge in [-0.15, -0.1) is 0 Å². The van der Waals surface area contributed by atoms with Crippen molar-refractivity contribution in [3.63, 3.8) is 0 Å². The first kappa shape index (κ1) is 9.33. The van der Waals surface area contributed by atoms with E-state index in [0.717, 1.165) is 6.54 Å². The lowest BCUT2D eigenvalue weighted by atomic mass is 10.3. The highest BCUT2D eigenvalue weighted by Crippen LogP contribution is 2.22. The Bertz CT molecular complexity index is 275. The molecule has 0 spiro atoms. The summed E-state index contributed by atoms with van der Waals surface area (Å²) in [4.78, 5) is 1.81. The van der Waals surface area contributed by atoms with E-state index in [0.29, 0.717) is 10.7 Å². The number of halogens is 2. The highest BCUT2D eigenvalue weighted by molar-refractivity contribution is 6.30. The highest BCUT2D eigenvalue weighted by atomic mass is 35.5. The van der Waals surface area contributed by atoms with Crippen LogP contribution in [0.2, 0.25) is 5.02 Å². The van der Waals surface area contributed by atoms with Crippen LogP contribution < -0.4 is 4.90 Å². The van der Waals surface area contributed by atoms with E-state index in [9.17, 15) is 4.39 Å². The third-order valence-electron chi connectivity index (χ3n) is 1.79. The Morgan fingerprint density at radius 3 is 2.75 bits per heavy atom. The number of anilines is 1. The van der Waals surface area contributed by atoms with Gasteiger partial charge in [0.05, 0.1) is 5.69 Å². The predicted molar refractivity (Wildman–Crippen MR) is 50.4 cm³/mol. The van der Waals surface area contributed by atoms with E-state index >= 15 is 0 Å². The quantitative estimate of drug-likeness (QED) is 0.688. The molecule has 0 aliphatic rings. The van der Waals surface area contributed by atoms with Crippen molar-refractivity contribution in [1.82, 2.24) is 0 Å². The Labute approximate surface area is 76.8 Å². The van der Waals surface area contributed by atoms with E-state index in [1.54, 1.807) is 17.0 Å². The third kappa shape index (κ3) is 1.89. The van der Waals surface area contributed by atoms with Crippen LogP contribution in [0.25, 0.3) is 0 Å². The summed E-state index contributed by atoms with van der Waals surface area (Å²) < 4.78 is 13.1. The molecule has 0 unspecified atom stereocenters. The first-order valence-corrected chi connectivity index (χ1v) is 4.19. The zero-order valence-corrected chi connectivity index (χ0v) is 7.90. The Morgan fingerprint density at radius 2 is 2.17 bits per heavy atom. The minimum atomic E-state index is -0.233. The molecular weight excluding hydrogens is 177 g/mol. The molecule has 1 nitrogen and oxygen atoms in total. The molecule has 0 aromatic heterocycles. The molecule has 0 saturated heterocycles. The molecule has 0 atom stereocenters. The minimum Gasteiger partial charge on any atom is -0.372 e. The molecular formula is C9H11ClFN. The first-order chi connectivity index (χ1) is 5.65. The van der Waals surface area contributed by atoms with Crippen LogP contribution in [-0.4, -0.2) is 13.6 Å². The standard InChI is InChI=1S/C9H11ClFN/c1-3-12(2)9-6-7(10)4-5-8(9)11/h4-6H,3H2,1-2H3. The van der Waals surface area contributed by atoms with E-state index < -0.39 is 0 Å². The molecule has 1 rings (SSSR count). The fourth-order valence-corrected chi connectivity index (χ4v) is 1.12. The monoisotopic (exact) mass is 187 g/mol. The number of hydrogen-bond acceptors (Lipinski definition) is 1. The lowest BCUT2D eigenvalue weighted by molar-refractivity contribution is 0.623. The number of nitrogens with zero attached hydrogens (tertiary/aromatic N) is 1. The van der Waals surface area contributed by atoms with Crippen molar-refractivity contribution in [2.45, 2.75) is 6.92 Å². The van der Waals surface area contributed by atoms with Gasteiger partial charge in [0.15, 0.2) is 0 Å². The average Bonchev–Trinajstić information content (AvgIpc) is 2.08. The normalized spacial score (nSPS) is 10.0. The second kappa shape index (κ2) is 3.76. The maximum absolute atomic E-state index is 13.1. The van der Waals surface area contributed by atoms with Crippen LogP contribution in [0.4, 0.5) is 10.1 Å². The lowest BCUT2D eigenvalue weighted by Gasteiger charge is -2.17. The van der Waals surface area contributed by atoms with Gasteiger partial charge in [0, 0.05) is 18.6 Å². The van der Waals surface area contributed by atoms with Crippen molar-refractivity contribution in [2.75, 3.05) is 18.5 Å². The molecule has 1 aromatic rings.